The van der Waals surface area contributed by atoms with Crippen molar-refractivity contribution < 1.29 is 9.59 Å². The second-order valence-corrected chi connectivity index (χ2v) is 6.40. The minimum atomic E-state index is -0.322. The van der Waals surface area contributed by atoms with E-state index in [1.807, 2.05) is 13.0 Å². The third kappa shape index (κ3) is 4.68. The molecule has 2 N–H and O–H groups in total. The highest BCUT2D eigenvalue weighted by atomic mass is 35.5. The van der Waals surface area contributed by atoms with Gasteiger partial charge in [-0.15, -0.1) is 0 Å². The molecule has 1 aromatic heterocycles. The minimum Gasteiger partial charge on any atom is -0.324 e. The molecule has 1 amide bonds. The SMILES string of the molecule is CC(=O)c1ccc(Nc2ncc(C(=O)Nc3cc(Cl)ccc3C)cn2)cc1. The van der Waals surface area contributed by atoms with Gasteiger partial charge in [-0.3, -0.25) is 9.59 Å². The van der Waals surface area contributed by atoms with E-state index < -0.39 is 0 Å². The Hall–Kier alpha value is -3.25. The number of hydrogen-bond acceptors (Lipinski definition) is 5. The Labute approximate surface area is 161 Å². The van der Waals surface area contributed by atoms with Crippen LogP contribution in [0, 0.1) is 6.92 Å². The first-order chi connectivity index (χ1) is 12.9. The Balaban J connectivity index is 1.68. The molecule has 1 heterocycles. The summed E-state index contributed by atoms with van der Waals surface area (Å²) in [7, 11) is 0. The number of amides is 1. The third-order valence-corrected chi connectivity index (χ3v) is 4.14. The van der Waals surface area contributed by atoms with Crippen molar-refractivity contribution in [3.8, 4) is 0 Å². The summed E-state index contributed by atoms with van der Waals surface area (Å²) in [5.74, 6) is 0.0295. The number of aryl methyl sites for hydroxylation is 1. The molecule has 0 unspecified atom stereocenters. The number of hydrogen-bond donors (Lipinski definition) is 2. The molecule has 0 aliphatic carbocycles. The number of Topliss-reactive ketones (excluding diaryl/α,β-unsaturated/α-hetero) is 1. The zero-order valence-electron chi connectivity index (χ0n) is 14.8. The van der Waals surface area contributed by atoms with Gasteiger partial charge < -0.3 is 10.6 Å². The van der Waals surface area contributed by atoms with Crippen LogP contribution in [-0.4, -0.2) is 21.7 Å². The molecule has 6 nitrogen and oxygen atoms in total. The fourth-order valence-electron chi connectivity index (χ4n) is 2.35. The topological polar surface area (TPSA) is 84.0 Å². The molecule has 3 aromatic rings. The number of ketones is 1. The van der Waals surface area contributed by atoms with Crippen LogP contribution in [0.15, 0.2) is 54.9 Å². The summed E-state index contributed by atoms with van der Waals surface area (Å²) >= 11 is 5.97. The number of nitrogens with one attached hydrogen (secondary N) is 2. The van der Waals surface area contributed by atoms with Gasteiger partial charge in [-0.05, 0) is 55.8 Å². The standard InChI is InChI=1S/C20H17ClN4O2/c1-12-3-6-16(21)9-18(12)25-19(27)15-10-22-20(23-11-15)24-17-7-4-14(5-8-17)13(2)26/h3-11H,1-2H3,(H,25,27)(H,22,23,24). The molecule has 0 aliphatic heterocycles. The zero-order valence-corrected chi connectivity index (χ0v) is 15.5. The Kier molecular flexibility index (Phi) is 5.47. The predicted octanol–water partition coefficient (Wildman–Crippen LogP) is 4.64. The van der Waals surface area contributed by atoms with Gasteiger partial charge in [-0.1, -0.05) is 17.7 Å². The van der Waals surface area contributed by atoms with E-state index in [9.17, 15) is 9.59 Å². The van der Waals surface area contributed by atoms with Gasteiger partial charge in [0, 0.05) is 34.4 Å². The molecule has 3 rings (SSSR count). The van der Waals surface area contributed by atoms with Crippen LogP contribution in [-0.2, 0) is 0 Å². The molecule has 0 atom stereocenters. The highest BCUT2D eigenvalue weighted by molar-refractivity contribution is 6.31. The molecule has 27 heavy (non-hydrogen) atoms. The summed E-state index contributed by atoms with van der Waals surface area (Å²) in [6.07, 6.45) is 2.88. The highest BCUT2D eigenvalue weighted by Gasteiger charge is 2.10. The molecule has 0 radical (unpaired) electrons. The van der Waals surface area contributed by atoms with E-state index in [2.05, 4.69) is 20.6 Å². The largest absolute Gasteiger partial charge is 0.324 e. The maximum atomic E-state index is 12.4. The van der Waals surface area contributed by atoms with Gasteiger partial charge >= 0.3 is 0 Å². The smallest absolute Gasteiger partial charge is 0.258 e. The van der Waals surface area contributed by atoms with Gasteiger partial charge in [0.2, 0.25) is 5.95 Å². The Bertz CT molecular complexity index is 986. The Morgan fingerprint density at radius 2 is 1.63 bits per heavy atom. The molecular weight excluding hydrogens is 364 g/mol. The lowest BCUT2D eigenvalue weighted by atomic mass is 10.1. The Morgan fingerprint density at radius 1 is 0.963 bits per heavy atom. The van der Waals surface area contributed by atoms with Crippen LogP contribution < -0.4 is 10.6 Å². The van der Waals surface area contributed by atoms with Crippen molar-refractivity contribution in [3.05, 3.63) is 76.6 Å². The average molecular weight is 381 g/mol. The number of halogens is 1. The van der Waals surface area contributed by atoms with E-state index in [0.29, 0.717) is 27.8 Å². The maximum Gasteiger partial charge on any atom is 0.258 e. The molecule has 0 spiro atoms. The number of nitrogens with zero attached hydrogens (tertiary/aromatic N) is 2. The average Bonchev–Trinajstić information content (AvgIpc) is 2.65. The number of carbonyl (C=O) groups excluding carboxylic acids is 2. The van der Waals surface area contributed by atoms with Gasteiger partial charge in [0.15, 0.2) is 5.78 Å². The summed E-state index contributed by atoms with van der Waals surface area (Å²) in [6.45, 7) is 3.40. The lowest BCUT2D eigenvalue weighted by Gasteiger charge is -2.09. The summed E-state index contributed by atoms with van der Waals surface area (Å²) < 4.78 is 0. The monoisotopic (exact) mass is 380 g/mol. The molecule has 0 fully saturated rings. The first-order valence-electron chi connectivity index (χ1n) is 8.20. The number of aromatic nitrogens is 2. The van der Waals surface area contributed by atoms with Crippen molar-refractivity contribution in [3.63, 3.8) is 0 Å². The summed E-state index contributed by atoms with van der Waals surface area (Å²) in [6, 6.07) is 12.3. The van der Waals surface area contributed by atoms with Crippen LogP contribution in [0.5, 0.6) is 0 Å². The van der Waals surface area contributed by atoms with E-state index in [0.717, 1.165) is 11.3 Å². The zero-order chi connectivity index (χ0) is 19.4. The van der Waals surface area contributed by atoms with E-state index in [-0.39, 0.29) is 11.7 Å². The summed E-state index contributed by atoms with van der Waals surface area (Å²) in [4.78, 5) is 32.0. The lowest BCUT2D eigenvalue weighted by Crippen LogP contribution is -2.14. The van der Waals surface area contributed by atoms with Crippen LogP contribution in [0.3, 0.4) is 0 Å². The molecule has 0 saturated carbocycles. The predicted molar refractivity (Wildman–Crippen MR) is 106 cm³/mol. The van der Waals surface area contributed by atoms with Crippen LogP contribution >= 0.6 is 11.6 Å². The lowest BCUT2D eigenvalue weighted by molar-refractivity contribution is 0.101. The van der Waals surface area contributed by atoms with Crippen molar-refractivity contribution in [2.45, 2.75) is 13.8 Å². The van der Waals surface area contributed by atoms with E-state index in [1.54, 1.807) is 36.4 Å². The molecule has 2 aromatic carbocycles. The number of rotatable bonds is 5. The molecule has 7 heteroatoms. The van der Waals surface area contributed by atoms with Gasteiger partial charge in [0.05, 0.1) is 5.56 Å². The fourth-order valence-corrected chi connectivity index (χ4v) is 2.52. The van der Waals surface area contributed by atoms with Gasteiger partial charge in [0.25, 0.3) is 5.91 Å². The van der Waals surface area contributed by atoms with Crippen LogP contribution in [0.2, 0.25) is 5.02 Å². The second-order valence-electron chi connectivity index (χ2n) is 5.97. The summed E-state index contributed by atoms with van der Waals surface area (Å²) in [5.41, 5.74) is 3.24. The van der Waals surface area contributed by atoms with Crippen molar-refractivity contribution in [1.29, 1.82) is 0 Å². The first-order valence-corrected chi connectivity index (χ1v) is 8.58. The molecular formula is C20H17ClN4O2. The van der Waals surface area contributed by atoms with Gasteiger partial charge in [-0.25, -0.2) is 9.97 Å². The first kappa shape index (κ1) is 18.5. The second kappa shape index (κ2) is 7.97. The van der Waals surface area contributed by atoms with E-state index in [4.69, 9.17) is 11.6 Å². The van der Waals surface area contributed by atoms with Gasteiger partial charge in [0.1, 0.15) is 0 Å². The maximum absolute atomic E-state index is 12.4. The molecule has 0 aliphatic rings. The third-order valence-electron chi connectivity index (χ3n) is 3.91. The minimum absolute atomic E-state index is 0.00288. The number of benzene rings is 2. The molecule has 0 saturated heterocycles. The highest BCUT2D eigenvalue weighted by Crippen LogP contribution is 2.21. The van der Waals surface area contributed by atoms with Crippen LogP contribution in [0.1, 0.15) is 33.2 Å². The molecule has 0 bridgehead atoms. The quantitative estimate of drug-likeness (QED) is 0.630. The van der Waals surface area contributed by atoms with Crippen molar-refractivity contribution in [2.75, 3.05) is 10.6 Å². The Morgan fingerprint density at radius 3 is 2.26 bits per heavy atom. The van der Waals surface area contributed by atoms with E-state index in [1.165, 1.54) is 19.3 Å². The normalized spacial score (nSPS) is 10.3. The van der Waals surface area contributed by atoms with Crippen molar-refractivity contribution in [2.24, 2.45) is 0 Å². The number of carbonyl (C=O) groups is 2. The molecule has 136 valence electrons. The van der Waals surface area contributed by atoms with Crippen molar-refractivity contribution in [1.82, 2.24) is 9.97 Å². The van der Waals surface area contributed by atoms with E-state index >= 15 is 0 Å². The van der Waals surface area contributed by atoms with Crippen molar-refractivity contribution >= 4 is 40.6 Å². The van der Waals surface area contributed by atoms with Crippen LogP contribution in [0.25, 0.3) is 0 Å². The fraction of sp³-hybridized carbons (Fsp3) is 0.100. The van der Waals surface area contributed by atoms with Crippen LogP contribution in [0.4, 0.5) is 17.3 Å². The summed E-state index contributed by atoms with van der Waals surface area (Å²) in [5, 5.41) is 6.36. The number of anilines is 3. The van der Waals surface area contributed by atoms with Gasteiger partial charge in [-0.2, -0.15) is 0 Å².